The summed E-state index contributed by atoms with van der Waals surface area (Å²) in [4.78, 5) is 26.9. The zero-order chi connectivity index (χ0) is 21.5. The monoisotopic (exact) mass is 441 g/mol. The third-order valence-corrected chi connectivity index (χ3v) is 5.13. The zero-order valence-corrected chi connectivity index (χ0v) is 17.9. The molecule has 0 saturated heterocycles. The van der Waals surface area contributed by atoms with Gasteiger partial charge < -0.3 is 15.5 Å². The molecule has 2 amide bonds. The van der Waals surface area contributed by atoms with E-state index >= 15 is 0 Å². The van der Waals surface area contributed by atoms with E-state index in [1.165, 1.54) is 0 Å². The van der Waals surface area contributed by atoms with Crippen LogP contribution in [0.3, 0.4) is 0 Å². The molecule has 0 unspecified atom stereocenters. The van der Waals surface area contributed by atoms with Crippen molar-refractivity contribution in [2.75, 3.05) is 28.6 Å². The number of nitrogens with zero attached hydrogens (tertiary/aromatic N) is 1. The number of para-hydroxylation sites is 1. The fraction of sp³-hybridized carbons (Fsp3) is 0.130. The maximum absolute atomic E-state index is 13.0. The van der Waals surface area contributed by atoms with Crippen LogP contribution in [0.2, 0.25) is 10.0 Å². The van der Waals surface area contributed by atoms with Crippen LogP contribution in [0.1, 0.15) is 17.3 Å². The summed E-state index contributed by atoms with van der Waals surface area (Å²) in [6, 6.07) is 21.5. The van der Waals surface area contributed by atoms with E-state index < -0.39 is 0 Å². The van der Waals surface area contributed by atoms with Gasteiger partial charge in [0, 0.05) is 29.2 Å². The first-order valence-corrected chi connectivity index (χ1v) is 10.2. The number of nitrogens with one attached hydrogen (secondary N) is 2. The molecule has 30 heavy (non-hydrogen) atoms. The maximum Gasteiger partial charge on any atom is 0.258 e. The van der Waals surface area contributed by atoms with Gasteiger partial charge in [-0.15, -0.1) is 0 Å². The molecule has 3 aromatic rings. The van der Waals surface area contributed by atoms with Crippen LogP contribution < -0.4 is 15.5 Å². The predicted octanol–water partition coefficient (Wildman–Crippen LogP) is 5.71. The first kappa shape index (κ1) is 21.7. The first-order valence-electron chi connectivity index (χ1n) is 9.43. The molecule has 3 rings (SSSR count). The highest BCUT2D eigenvalue weighted by Gasteiger charge is 2.16. The van der Waals surface area contributed by atoms with Crippen LogP contribution in [-0.2, 0) is 4.79 Å². The molecule has 0 heterocycles. The average molecular weight is 442 g/mol. The standard InChI is InChI=1S/C23H21Cl2N3O2/c1-2-28(19-9-4-3-5-10-19)23(30)16-7-6-8-17(13-16)26-15-22(29)27-18-11-12-20(24)21(25)14-18/h3-14,26H,2,15H2,1H3,(H,27,29). The van der Waals surface area contributed by atoms with Crippen molar-refractivity contribution in [2.45, 2.75) is 6.92 Å². The molecular weight excluding hydrogens is 421 g/mol. The van der Waals surface area contributed by atoms with Crippen LogP contribution in [0.25, 0.3) is 0 Å². The highest BCUT2D eigenvalue weighted by molar-refractivity contribution is 6.42. The molecule has 154 valence electrons. The van der Waals surface area contributed by atoms with Crippen molar-refractivity contribution in [1.29, 1.82) is 0 Å². The van der Waals surface area contributed by atoms with Gasteiger partial charge in [0.25, 0.3) is 5.91 Å². The van der Waals surface area contributed by atoms with E-state index in [0.717, 1.165) is 5.69 Å². The van der Waals surface area contributed by atoms with Gasteiger partial charge in [-0.3, -0.25) is 9.59 Å². The van der Waals surface area contributed by atoms with E-state index in [4.69, 9.17) is 23.2 Å². The number of benzene rings is 3. The molecule has 0 atom stereocenters. The van der Waals surface area contributed by atoms with E-state index in [1.807, 2.05) is 43.3 Å². The molecule has 7 heteroatoms. The third kappa shape index (κ3) is 5.53. The summed E-state index contributed by atoms with van der Waals surface area (Å²) in [5.74, 6) is -0.350. The van der Waals surface area contributed by atoms with Gasteiger partial charge in [0.05, 0.1) is 16.6 Å². The Morgan fingerprint density at radius 1 is 0.867 bits per heavy atom. The van der Waals surface area contributed by atoms with Crippen LogP contribution >= 0.6 is 23.2 Å². The Balaban J connectivity index is 1.64. The maximum atomic E-state index is 13.0. The number of hydrogen-bond donors (Lipinski definition) is 2. The van der Waals surface area contributed by atoms with E-state index in [9.17, 15) is 9.59 Å². The van der Waals surface area contributed by atoms with Gasteiger partial charge in [0.2, 0.25) is 5.91 Å². The minimum atomic E-state index is -0.246. The van der Waals surface area contributed by atoms with Gasteiger partial charge in [0.1, 0.15) is 0 Å². The van der Waals surface area contributed by atoms with Crippen molar-refractivity contribution in [3.8, 4) is 0 Å². The smallest absolute Gasteiger partial charge is 0.258 e. The summed E-state index contributed by atoms with van der Waals surface area (Å²) in [6.45, 7) is 2.51. The van der Waals surface area contributed by atoms with Gasteiger partial charge in [-0.05, 0) is 55.5 Å². The van der Waals surface area contributed by atoms with Crippen molar-refractivity contribution >= 4 is 52.1 Å². The quantitative estimate of drug-likeness (QED) is 0.493. The molecule has 0 radical (unpaired) electrons. The Bertz CT molecular complexity index is 1040. The Hall–Kier alpha value is -3.02. The second-order valence-electron chi connectivity index (χ2n) is 6.50. The summed E-state index contributed by atoms with van der Waals surface area (Å²) in [7, 11) is 0. The third-order valence-electron chi connectivity index (χ3n) is 4.40. The molecule has 0 aliphatic rings. The second kappa shape index (κ2) is 10.1. The van der Waals surface area contributed by atoms with Crippen molar-refractivity contribution in [1.82, 2.24) is 0 Å². The number of halogens is 2. The predicted molar refractivity (Wildman–Crippen MR) is 124 cm³/mol. The van der Waals surface area contributed by atoms with Gasteiger partial charge in [0.15, 0.2) is 0 Å². The number of amides is 2. The SMILES string of the molecule is CCN(C(=O)c1cccc(NCC(=O)Nc2ccc(Cl)c(Cl)c2)c1)c1ccccc1. The molecule has 0 aromatic heterocycles. The van der Waals surface area contributed by atoms with Crippen LogP contribution in [0, 0.1) is 0 Å². The number of rotatable bonds is 7. The van der Waals surface area contributed by atoms with Crippen molar-refractivity contribution < 1.29 is 9.59 Å². The van der Waals surface area contributed by atoms with Crippen molar-refractivity contribution in [3.63, 3.8) is 0 Å². The summed E-state index contributed by atoms with van der Waals surface area (Å²) >= 11 is 11.8. The Labute approximate surface area is 185 Å². The van der Waals surface area contributed by atoms with Crippen LogP contribution in [0.15, 0.2) is 72.8 Å². The van der Waals surface area contributed by atoms with E-state index in [1.54, 1.807) is 41.3 Å². The molecule has 0 fully saturated rings. The fourth-order valence-corrected chi connectivity index (χ4v) is 3.23. The van der Waals surface area contributed by atoms with E-state index in [2.05, 4.69) is 10.6 Å². The first-order chi connectivity index (χ1) is 14.5. The van der Waals surface area contributed by atoms with Crippen molar-refractivity contribution in [3.05, 3.63) is 88.4 Å². The van der Waals surface area contributed by atoms with E-state index in [0.29, 0.717) is 33.5 Å². The highest BCUT2D eigenvalue weighted by Crippen LogP contribution is 2.25. The highest BCUT2D eigenvalue weighted by atomic mass is 35.5. The zero-order valence-electron chi connectivity index (χ0n) is 16.4. The van der Waals surface area contributed by atoms with Crippen molar-refractivity contribution in [2.24, 2.45) is 0 Å². The molecule has 3 aromatic carbocycles. The summed E-state index contributed by atoms with van der Waals surface area (Å²) in [6.07, 6.45) is 0. The lowest BCUT2D eigenvalue weighted by atomic mass is 10.1. The molecule has 2 N–H and O–H groups in total. The lowest BCUT2D eigenvalue weighted by Crippen LogP contribution is -2.30. The normalized spacial score (nSPS) is 10.4. The topological polar surface area (TPSA) is 61.4 Å². The Morgan fingerprint density at radius 3 is 2.33 bits per heavy atom. The number of hydrogen-bond acceptors (Lipinski definition) is 3. The molecular formula is C23H21Cl2N3O2. The summed E-state index contributed by atoms with van der Waals surface area (Å²) < 4.78 is 0. The number of carbonyl (C=O) groups excluding carboxylic acids is 2. The Morgan fingerprint density at radius 2 is 1.63 bits per heavy atom. The number of anilines is 3. The van der Waals surface area contributed by atoms with Gasteiger partial charge >= 0.3 is 0 Å². The van der Waals surface area contributed by atoms with E-state index in [-0.39, 0.29) is 18.4 Å². The molecule has 0 spiro atoms. The van der Waals surface area contributed by atoms with Gasteiger partial charge in [-0.2, -0.15) is 0 Å². The van der Waals surface area contributed by atoms with Gasteiger partial charge in [-0.25, -0.2) is 0 Å². The molecule has 0 aliphatic carbocycles. The molecule has 0 saturated carbocycles. The summed E-state index contributed by atoms with van der Waals surface area (Å²) in [5.41, 5.74) is 2.61. The van der Waals surface area contributed by atoms with Crippen LogP contribution in [-0.4, -0.2) is 24.9 Å². The Kier molecular flexibility index (Phi) is 7.33. The lowest BCUT2D eigenvalue weighted by Gasteiger charge is -2.21. The second-order valence-corrected chi connectivity index (χ2v) is 7.31. The van der Waals surface area contributed by atoms with Crippen LogP contribution in [0.4, 0.5) is 17.1 Å². The van der Waals surface area contributed by atoms with Gasteiger partial charge in [-0.1, -0.05) is 47.5 Å². The molecule has 0 bridgehead atoms. The minimum absolute atomic E-state index is 0.0358. The van der Waals surface area contributed by atoms with Crippen LogP contribution in [0.5, 0.6) is 0 Å². The molecule has 5 nitrogen and oxygen atoms in total. The molecule has 0 aliphatic heterocycles. The lowest BCUT2D eigenvalue weighted by molar-refractivity contribution is -0.114. The number of carbonyl (C=O) groups is 2. The summed E-state index contributed by atoms with van der Waals surface area (Å²) in [5, 5.41) is 6.58. The average Bonchev–Trinajstić information content (AvgIpc) is 2.76. The largest absolute Gasteiger partial charge is 0.376 e. The minimum Gasteiger partial charge on any atom is -0.376 e. The fourth-order valence-electron chi connectivity index (χ4n) is 2.93.